The third-order valence-electron chi connectivity index (χ3n) is 2.44. The highest BCUT2D eigenvalue weighted by atomic mass is 79.9. The largest absolute Gasteiger partial charge is 0.345 e. The first-order valence-corrected chi connectivity index (χ1v) is 5.81. The minimum Gasteiger partial charge on any atom is -0.345 e. The van der Waals surface area contributed by atoms with Crippen molar-refractivity contribution < 1.29 is 0 Å². The van der Waals surface area contributed by atoms with E-state index < -0.39 is 0 Å². The van der Waals surface area contributed by atoms with Crippen LogP contribution in [0.2, 0.25) is 0 Å². The quantitative estimate of drug-likeness (QED) is 0.849. The monoisotopic (exact) mass is 300 g/mol. The van der Waals surface area contributed by atoms with E-state index in [4.69, 9.17) is 15.8 Å². The summed E-state index contributed by atoms with van der Waals surface area (Å²) in [5, 5.41) is 29.4. The lowest BCUT2D eigenvalue weighted by atomic mass is 10.1. The average Bonchev–Trinajstić information content (AvgIpc) is 2.38. The SMILES string of the molecule is Cc1ccc(Br)c(C)c1NC(C#N)=C(C#N)C#N. The minimum absolute atomic E-state index is 0.0377. The van der Waals surface area contributed by atoms with Crippen LogP contribution in [0.25, 0.3) is 0 Å². The fourth-order valence-electron chi connectivity index (χ4n) is 1.42. The molecule has 1 aromatic carbocycles. The second kappa shape index (κ2) is 5.87. The second-order valence-corrected chi connectivity index (χ2v) is 4.43. The molecule has 1 N–H and O–H groups in total. The molecular weight excluding hydrogens is 292 g/mol. The summed E-state index contributed by atoms with van der Waals surface area (Å²) in [5.74, 6) is 0. The number of benzene rings is 1. The lowest BCUT2D eigenvalue weighted by Gasteiger charge is -2.13. The van der Waals surface area contributed by atoms with E-state index in [1.54, 1.807) is 12.1 Å². The summed E-state index contributed by atoms with van der Waals surface area (Å²) in [7, 11) is 0. The van der Waals surface area contributed by atoms with Crippen LogP contribution in [0.4, 0.5) is 5.69 Å². The zero-order valence-electron chi connectivity index (χ0n) is 9.87. The Hall–Kier alpha value is -2.29. The molecule has 1 aromatic rings. The number of halogens is 1. The first kappa shape index (κ1) is 13.8. The summed E-state index contributed by atoms with van der Waals surface area (Å²) in [4.78, 5) is 0. The number of rotatable bonds is 2. The smallest absolute Gasteiger partial charge is 0.163 e. The molecule has 5 heteroatoms. The molecule has 0 saturated heterocycles. The van der Waals surface area contributed by atoms with Gasteiger partial charge in [-0.1, -0.05) is 22.0 Å². The van der Waals surface area contributed by atoms with Crippen LogP contribution in [0.3, 0.4) is 0 Å². The van der Waals surface area contributed by atoms with Crippen molar-refractivity contribution >= 4 is 21.6 Å². The Bertz CT molecular complexity index is 623. The Kier molecular flexibility index (Phi) is 4.49. The van der Waals surface area contributed by atoms with Gasteiger partial charge in [0, 0.05) is 10.2 Å². The van der Waals surface area contributed by atoms with Crippen LogP contribution in [0.1, 0.15) is 11.1 Å². The van der Waals surface area contributed by atoms with Crippen molar-refractivity contribution in [3.05, 3.63) is 39.0 Å². The Morgan fingerprint density at radius 1 is 1.11 bits per heavy atom. The van der Waals surface area contributed by atoms with Crippen molar-refractivity contribution in [3.63, 3.8) is 0 Å². The predicted octanol–water partition coefficient (Wildman–Crippen LogP) is 3.30. The van der Waals surface area contributed by atoms with Gasteiger partial charge in [0.1, 0.15) is 23.9 Å². The topological polar surface area (TPSA) is 83.4 Å². The first-order valence-electron chi connectivity index (χ1n) is 5.02. The van der Waals surface area contributed by atoms with Gasteiger partial charge in [-0.3, -0.25) is 0 Å². The lowest BCUT2D eigenvalue weighted by Crippen LogP contribution is -2.04. The molecule has 0 saturated carbocycles. The highest BCUT2D eigenvalue weighted by Crippen LogP contribution is 2.28. The van der Waals surface area contributed by atoms with E-state index in [0.29, 0.717) is 0 Å². The van der Waals surface area contributed by atoms with Crippen molar-refractivity contribution in [3.8, 4) is 18.2 Å². The van der Waals surface area contributed by atoms with Crippen molar-refractivity contribution in [2.24, 2.45) is 0 Å². The predicted molar refractivity (Wildman–Crippen MR) is 71.1 cm³/mol. The van der Waals surface area contributed by atoms with Crippen LogP contribution in [0, 0.1) is 47.8 Å². The van der Waals surface area contributed by atoms with Crippen LogP contribution in [-0.2, 0) is 0 Å². The van der Waals surface area contributed by atoms with Crippen LogP contribution < -0.4 is 5.32 Å². The molecule has 88 valence electrons. The van der Waals surface area contributed by atoms with E-state index in [9.17, 15) is 0 Å². The molecular formula is C13H9BrN4. The number of hydrogen-bond acceptors (Lipinski definition) is 4. The fraction of sp³-hybridized carbons (Fsp3) is 0.154. The number of allylic oxidation sites excluding steroid dienone is 2. The third kappa shape index (κ3) is 2.69. The Morgan fingerprint density at radius 3 is 2.22 bits per heavy atom. The highest BCUT2D eigenvalue weighted by molar-refractivity contribution is 9.10. The van der Waals surface area contributed by atoms with Gasteiger partial charge in [-0.25, -0.2) is 0 Å². The zero-order valence-corrected chi connectivity index (χ0v) is 11.5. The van der Waals surface area contributed by atoms with Crippen LogP contribution in [0.5, 0.6) is 0 Å². The van der Waals surface area contributed by atoms with Gasteiger partial charge < -0.3 is 5.32 Å². The van der Waals surface area contributed by atoms with Gasteiger partial charge in [-0.05, 0) is 31.0 Å². The summed E-state index contributed by atoms with van der Waals surface area (Å²) in [6, 6.07) is 9.02. The van der Waals surface area contributed by atoms with Gasteiger partial charge >= 0.3 is 0 Å². The molecule has 0 atom stereocenters. The van der Waals surface area contributed by atoms with Crippen LogP contribution >= 0.6 is 15.9 Å². The standard InChI is InChI=1S/C13H9BrN4/c1-8-3-4-11(14)9(2)13(8)18-12(7-17)10(5-15)6-16/h3-4,18H,1-2H3. The molecule has 0 aromatic heterocycles. The summed E-state index contributed by atoms with van der Waals surface area (Å²) < 4.78 is 0.892. The number of nitriles is 3. The maximum atomic E-state index is 8.99. The molecule has 18 heavy (non-hydrogen) atoms. The molecule has 4 nitrogen and oxygen atoms in total. The molecule has 0 aliphatic rings. The molecule has 0 fully saturated rings. The summed E-state index contributed by atoms with van der Waals surface area (Å²) in [6.07, 6.45) is 0. The van der Waals surface area contributed by atoms with Gasteiger partial charge in [-0.2, -0.15) is 15.8 Å². The first-order chi connectivity index (χ1) is 8.54. The Labute approximate surface area is 114 Å². The molecule has 0 radical (unpaired) electrons. The number of nitrogens with zero attached hydrogens (tertiary/aromatic N) is 3. The number of anilines is 1. The van der Waals surface area contributed by atoms with Gasteiger partial charge in [0.25, 0.3) is 0 Å². The van der Waals surface area contributed by atoms with Crippen molar-refractivity contribution in [2.75, 3.05) is 5.32 Å². The van der Waals surface area contributed by atoms with E-state index >= 15 is 0 Å². The molecule has 0 bridgehead atoms. The van der Waals surface area contributed by atoms with Crippen molar-refractivity contribution in [1.82, 2.24) is 0 Å². The Morgan fingerprint density at radius 2 is 1.72 bits per heavy atom. The van der Waals surface area contributed by atoms with Gasteiger partial charge in [-0.15, -0.1) is 0 Å². The van der Waals surface area contributed by atoms with Crippen LogP contribution in [-0.4, -0.2) is 0 Å². The molecule has 0 unspecified atom stereocenters. The maximum Gasteiger partial charge on any atom is 0.163 e. The normalized spacial score (nSPS) is 8.67. The van der Waals surface area contributed by atoms with Crippen molar-refractivity contribution in [1.29, 1.82) is 15.8 Å². The van der Waals surface area contributed by atoms with Gasteiger partial charge in [0.15, 0.2) is 5.57 Å². The molecule has 0 spiro atoms. The molecule has 0 heterocycles. The average molecular weight is 301 g/mol. The maximum absolute atomic E-state index is 8.99. The van der Waals surface area contributed by atoms with Crippen molar-refractivity contribution in [2.45, 2.75) is 13.8 Å². The number of nitrogens with one attached hydrogen (secondary N) is 1. The minimum atomic E-state index is -0.226. The van der Waals surface area contributed by atoms with Gasteiger partial charge in [0.05, 0.1) is 0 Å². The Balaban J connectivity index is 3.34. The fourth-order valence-corrected chi connectivity index (χ4v) is 1.75. The number of aryl methyl sites for hydroxylation is 1. The van der Waals surface area contributed by atoms with E-state index in [2.05, 4.69) is 21.2 Å². The van der Waals surface area contributed by atoms with Gasteiger partial charge in [0.2, 0.25) is 0 Å². The van der Waals surface area contributed by atoms with E-state index in [1.807, 2.05) is 32.0 Å². The van der Waals surface area contributed by atoms with E-state index in [0.717, 1.165) is 21.3 Å². The van der Waals surface area contributed by atoms with E-state index in [1.165, 1.54) is 0 Å². The second-order valence-electron chi connectivity index (χ2n) is 3.57. The summed E-state index contributed by atoms with van der Waals surface area (Å²) >= 11 is 3.39. The zero-order chi connectivity index (χ0) is 13.7. The third-order valence-corrected chi connectivity index (χ3v) is 3.30. The van der Waals surface area contributed by atoms with E-state index in [-0.39, 0.29) is 11.3 Å². The summed E-state index contributed by atoms with van der Waals surface area (Å²) in [5.41, 5.74) is 2.31. The molecule has 0 aliphatic carbocycles. The van der Waals surface area contributed by atoms with Crippen LogP contribution in [0.15, 0.2) is 27.9 Å². The summed E-state index contributed by atoms with van der Waals surface area (Å²) in [6.45, 7) is 3.77. The lowest BCUT2D eigenvalue weighted by molar-refractivity contribution is 1.30. The molecule has 1 rings (SSSR count). The highest BCUT2D eigenvalue weighted by Gasteiger charge is 2.11. The number of hydrogen-bond donors (Lipinski definition) is 1. The molecule has 0 aliphatic heterocycles. The molecule has 0 amide bonds.